The average Bonchev–Trinajstić information content (AvgIpc) is 3.41. The average molecular weight is 530 g/mol. The van der Waals surface area contributed by atoms with E-state index in [2.05, 4.69) is 5.10 Å². The molecule has 10 heteroatoms. The number of hydrazone groups is 1. The van der Waals surface area contributed by atoms with Crippen LogP contribution in [0.1, 0.15) is 47.4 Å². The molecule has 0 aromatic heterocycles. The second-order valence-electron chi connectivity index (χ2n) is 9.55. The zero-order chi connectivity index (χ0) is 27.7. The Morgan fingerprint density at radius 2 is 1.59 bits per heavy atom. The molecule has 2 aromatic carbocycles. The smallest absolute Gasteiger partial charge is 0.338 e. The van der Waals surface area contributed by atoms with Gasteiger partial charge in [-0.1, -0.05) is 19.4 Å². The Morgan fingerprint density at radius 3 is 2.26 bits per heavy atom. The second-order valence-corrected chi connectivity index (χ2v) is 9.55. The molecular weight excluding hydrogens is 502 g/mol. The summed E-state index contributed by atoms with van der Waals surface area (Å²) in [4.78, 5) is 65.7. The Morgan fingerprint density at radius 1 is 0.923 bits per heavy atom. The number of benzene rings is 2. The van der Waals surface area contributed by atoms with E-state index in [1.165, 1.54) is 66.7 Å². The molecule has 0 radical (unpaired) electrons. The van der Waals surface area contributed by atoms with Crippen molar-refractivity contribution in [1.82, 2.24) is 5.01 Å². The minimum atomic E-state index is -1.00. The van der Waals surface area contributed by atoms with Crippen LogP contribution in [0.15, 0.2) is 65.8 Å². The minimum absolute atomic E-state index is 0.288. The van der Waals surface area contributed by atoms with Crippen molar-refractivity contribution in [3.63, 3.8) is 0 Å². The van der Waals surface area contributed by atoms with Crippen molar-refractivity contribution in [3.8, 4) is 5.75 Å². The number of carbonyl (C=O) groups is 5. The zero-order valence-corrected chi connectivity index (χ0v) is 21.5. The Labute approximate surface area is 224 Å². The predicted molar refractivity (Wildman–Crippen MR) is 140 cm³/mol. The van der Waals surface area contributed by atoms with Gasteiger partial charge in [-0.25, -0.2) is 9.69 Å². The van der Waals surface area contributed by atoms with Crippen molar-refractivity contribution in [1.29, 1.82) is 0 Å². The van der Waals surface area contributed by atoms with Gasteiger partial charge >= 0.3 is 11.9 Å². The van der Waals surface area contributed by atoms with Crippen LogP contribution in [0.3, 0.4) is 0 Å². The summed E-state index contributed by atoms with van der Waals surface area (Å²) in [6, 6.07) is 10.6. The van der Waals surface area contributed by atoms with E-state index < -0.39 is 47.7 Å². The van der Waals surface area contributed by atoms with Gasteiger partial charge in [0.2, 0.25) is 11.8 Å². The molecule has 200 valence electrons. The van der Waals surface area contributed by atoms with E-state index in [-0.39, 0.29) is 11.5 Å². The Balaban J connectivity index is 1.41. The van der Waals surface area contributed by atoms with Crippen LogP contribution in [-0.4, -0.2) is 59.5 Å². The molecule has 3 heterocycles. The maximum absolute atomic E-state index is 13.8. The summed E-state index contributed by atoms with van der Waals surface area (Å²) in [6.45, 7) is 3.59. The molecule has 0 aliphatic carbocycles. The van der Waals surface area contributed by atoms with Gasteiger partial charge in [0.05, 0.1) is 35.7 Å². The number of anilines is 1. The molecule has 39 heavy (non-hydrogen) atoms. The topological polar surface area (TPSA) is 123 Å². The second kappa shape index (κ2) is 10.6. The van der Waals surface area contributed by atoms with Crippen LogP contribution in [0.2, 0.25) is 0 Å². The number of carbonyl (C=O) groups excluding carboxylic acids is 5. The van der Waals surface area contributed by atoms with Crippen molar-refractivity contribution in [3.05, 3.63) is 71.8 Å². The van der Waals surface area contributed by atoms with Gasteiger partial charge in [0.1, 0.15) is 11.8 Å². The molecule has 0 spiro atoms. The first kappa shape index (κ1) is 26.0. The summed E-state index contributed by atoms with van der Waals surface area (Å²) in [6.07, 6.45) is 6.64. The monoisotopic (exact) mass is 529 g/mol. The third-order valence-electron chi connectivity index (χ3n) is 7.05. The van der Waals surface area contributed by atoms with Gasteiger partial charge in [-0.05, 0) is 61.0 Å². The zero-order valence-electron chi connectivity index (χ0n) is 21.5. The molecule has 2 amide bonds. The molecular formula is C29H27N3O7. The van der Waals surface area contributed by atoms with E-state index in [4.69, 9.17) is 9.47 Å². The molecule has 5 rings (SSSR count). The standard InChI is InChI=1S/C29H27N3O7/c1-3-4-16-38-29(37)19-7-11-20(12-8-19)31-27(35)23-22-6-5-15-30-32(22)25(24(23)28(31)36)26(34)18-9-13-21(14-10-18)39-17(2)33/h5-15,22-25H,3-4,16H2,1-2H3/t22-,23-,24-,25+/m1/s1. The fourth-order valence-corrected chi connectivity index (χ4v) is 5.25. The summed E-state index contributed by atoms with van der Waals surface area (Å²) in [5.74, 6) is -3.74. The maximum Gasteiger partial charge on any atom is 0.338 e. The molecule has 10 nitrogen and oxygen atoms in total. The van der Waals surface area contributed by atoms with Crippen LogP contribution in [-0.2, 0) is 19.1 Å². The van der Waals surface area contributed by atoms with Crippen LogP contribution < -0.4 is 9.64 Å². The number of hydrogen-bond acceptors (Lipinski definition) is 9. The largest absolute Gasteiger partial charge is 0.462 e. The van der Waals surface area contributed by atoms with Gasteiger partial charge in [-0.15, -0.1) is 0 Å². The van der Waals surface area contributed by atoms with Crippen molar-refractivity contribution >= 4 is 41.4 Å². The molecule has 0 saturated carbocycles. The third kappa shape index (κ3) is 4.73. The highest BCUT2D eigenvalue weighted by atomic mass is 16.5. The van der Waals surface area contributed by atoms with Crippen molar-refractivity contribution in [2.75, 3.05) is 11.5 Å². The van der Waals surface area contributed by atoms with Gasteiger partial charge in [-0.3, -0.25) is 24.2 Å². The number of hydrogen-bond donors (Lipinski definition) is 0. The van der Waals surface area contributed by atoms with Gasteiger partial charge in [0.25, 0.3) is 0 Å². The normalized spacial score (nSPS) is 23.0. The molecule has 2 aromatic rings. The molecule has 0 N–H and O–H groups in total. The molecule has 2 fully saturated rings. The van der Waals surface area contributed by atoms with Crippen LogP contribution in [0.5, 0.6) is 5.75 Å². The van der Waals surface area contributed by atoms with Gasteiger partial charge in [-0.2, -0.15) is 5.10 Å². The van der Waals surface area contributed by atoms with Crippen molar-refractivity contribution < 1.29 is 33.4 Å². The Hall–Kier alpha value is -4.60. The van der Waals surface area contributed by atoms with Gasteiger partial charge < -0.3 is 9.47 Å². The summed E-state index contributed by atoms with van der Waals surface area (Å²) in [5, 5.41) is 5.87. The lowest BCUT2D eigenvalue weighted by Crippen LogP contribution is -2.46. The number of Topliss-reactive ketones (excluding diaryl/α,β-unsaturated/α-hetero) is 1. The number of unbranched alkanes of at least 4 members (excludes halogenated alkanes) is 1. The minimum Gasteiger partial charge on any atom is -0.462 e. The molecule has 0 bridgehead atoms. The molecule has 3 aliphatic heterocycles. The number of esters is 2. The molecule has 0 unspecified atom stereocenters. The van der Waals surface area contributed by atoms with Crippen molar-refractivity contribution in [2.45, 2.75) is 38.8 Å². The predicted octanol–water partition coefficient (Wildman–Crippen LogP) is 3.17. The third-order valence-corrected chi connectivity index (χ3v) is 7.05. The quantitative estimate of drug-likeness (QED) is 0.168. The highest BCUT2D eigenvalue weighted by Gasteiger charge is 2.64. The number of ketones is 1. The van der Waals surface area contributed by atoms with Crippen LogP contribution in [0, 0.1) is 11.8 Å². The highest BCUT2D eigenvalue weighted by Crippen LogP contribution is 2.46. The van der Waals surface area contributed by atoms with E-state index in [1.54, 1.807) is 12.2 Å². The van der Waals surface area contributed by atoms with Crippen LogP contribution in [0.25, 0.3) is 0 Å². The number of ether oxygens (including phenoxy) is 2. The lowest BCUT2D eigenvalue weighted by Gasteiger charge is -2.30. The van der Waals surface area contributed by atoms with E-state index in [9.17, 15) is 24.0 Å². The number of allylic oxidation sites excluding steroid dienone is 1. The summed E-state index contributed by atoms with van der Waals surface area (Å²) >= 11 is 0. The van der Waals surface area contributed by atoms with E-state index >= 15 is 0 Å². The first-order chi connectivity index (χ1) is 18.8. The van der Waals surface area contributed by atoms with Crippen LogP contribution in [0.4, 0.5) is 5.69 Å². The van der Waals surface area contributed by atoms with Gasteiger partial charge in [0, 0.05) is 18.7 Å². The molecule has 4 atom stereocenters. The summed E-state index contributed by atoms with van der Waals surface area (Å²) in [5.41, 5.74) is 0.927. The van der Waals surface area contributed by atoms with E-state index in [0.29, 0.717) is 23.4 Å². The maximum atomic E-state index is 13.8. The first-order valence-electron chi connectivity index (χ1n) is 12.8. The highest BCUT2D eigenvalue weighted by molar-refractivity contribution is 6.24. The number of nitrogens with zero attached hydrogens (tertiary/aromatic N) is 3. The lowest BCUT2D eigenvalue weighted by atomic mass is 9.86. The first-order valence-corrected chi connectivity index (χ1v) is 12.8. The molecule has 3 aliphatic rings. The Kier molecular flexibility index (Phi) is 7.10. The van der Waals surface area contributed by atoms with E-state index in [0.717, 1.165) is 17.7 Å². The summed E-state index contributed by atoms with van der Waals surface area (Å²) in [7, 11) is 0. The SMILES string of the molecule is CCCCOC(=O)c1ccc(N2C(=O)[C@@H]3[C@H](C2=O)[C@H]2C=CC=NN2[C@@H]3C(=O)c2ccc(OC(C)=O)cc2)cc1. The van der Waals surface area contributed by atoms with Crippen LogP contribution >= 0.6 is 0 Å². The number of amides is 2. The van der Waals surface area contributed by atoms with Crippen molar-refractivity contribution in [2.24, 2.45) is 16.9 Å². The Bertz CT molecular complexity index is 1380. The number of rotatable bonds is 8. The van der Waals surface area contributed by atoms with E-state index in [1.807, 2.05) is 6.92 Å². The molecule has 2 saturated heterocycles. The fourth-order valence-electron chi connectivity index (χ4n) is 5.25. The summed E-state index contributed by atoms with van der Waals surface area (Å²) < 4.78 is 10.3. The van der Waals surface area contributed by atoms with Gasteiger partial charge in [0.15, 0.2) is 5.78 Å². The fraction of sp³-hybridized carbons (Fsp3) is 0.310. The number of fused-ring (bicyclic) bond motifs is 3. The lowest BCUT2D eigenvalue weighted by molar-refractivity contribution is -0.132. The number of imide groups is 1.